The van der Waals surface area contributed by atoms with Crippen molar-refractivity contribution in [2.24, 2.45) is 0 Å². The van der Waals surface area contributed by atoms with E-state index in [2.05, 4.69) is 10.3 Å². The number of carbonyl (C=O) groups is 1. The first-order valence-electron chi connectivity index (χ1n) is 5.96. The fourth-order valence-corrected chi connectivity index (χ4v) is 2.20. The average molecular weight is 343 g/mol. The van der Waals surface area contributed by atoms with Crippen LogP contribution in [0.5, 0.6) is 5.75 Å². The lowest BCUT2D eigenvalue weighted by Gasteiger charge is -2.09. The minimum Gasteiger partial charge on any atom is -0.482 e. The van der Waals surface area contributed by atoms with Crippen LogP contribution in [0.1, 0.15) is 0 Å². The van der Waals surface area contributed by atoms with Gasteiger partial charge in [-0.05, 0) is 30.5 Å². The number of hydrogen-bond donors (Lipinski definition) is 1. The van der Waals surface area contributed by atoms with Crippen LogP contribution in [-0.2, 0) is 4.79 Å². The van der Waals surface area contributed by atoms with Gasteiger partial charge in [-0.3, -0.25) is 4.79 Å². The summed E-state index contributed by atoms with van der Waals surface area (Å²) in [6.45, 7) is -0.162. The van der Waals surface area contributed by atoms with Crippen molar-refractivity contribution in [1.82, 2.24) is 4.98 Å². The quantitative estimate of drug-likeness (QED) is 0.830. The summed E-state index contributed by atoms with van der Waals surface area (Å²) in [6, 6.07) is 8.43. The number of halogens is 2. The first kappa shape index (κ1) is 15.9. The maximum Gasteiger partial charge on any atom is 0.262 e. The Morgan fingerprint density at radius 2 is 2.14 bits per heavy atom. The highest BCUT2D eigenvalue weighted by Gasteiger charge is 2.07. The number of hydrogen-bond acceptors (Lipinski definition) is 4. The molecule has 0 spiro atoms. The molecule has 110 valence electrons. The van der Waals surface area contributed by atoms with Gasteiger partial charge in [0.1, 0.15) is 5.75 Å². The van der Waals surface area contributed by atoms with Gasteiger partial charge >= 0.3 is 0 Å². The van der Waals surface area contributed by atoms with Crippen LogP contribution >= 0.6 is 35.0 Å². The molecule has 0 unspecified atom stereocenters. The van der Waals surface area contributed by atoms with E-state index < -0.39 is 0 Å². The molecule has 0 saturated heterocycles. The first-order valence-corrected chi connectivity index (χ1v) is 7.94. The van der Waals surface area contributed by atoms with Crippen LogP contribution in [0, 0.1) is 0 Å². The zero-order valence-electron chi connectivity index (χ0n) is 11.1. The van der Waals surface area contributed by atoms with Crippen LogP contribution in [0.3, 0.4) is 0 Å². The molecule has 0 aliphatic carbocycles. The van der Waals surface area contributed by atoms with Gasteiger partial charge in [0.05, 0.1) is 21.9 Å². The lowest BCUT2D eigenvalue weighted by Crippen LogP contribution is -2.20. The molecule has 0 fully saturated rings. The van der Waals surface area contributed by atoms with E-state index in [-0.39, 0.29) is 12.5 Å². The number of pyridine rings is 1. The number of nitrogens with one attached hydrogen (secondary N) is 1. The Bertz CT molecular complexity index is 635. The predicted molar refractivity (Wildman–Crippen MR) is 86.6 cm³/mol. The van der Waals surface area contributed by atoms with Crippen LogP contribution in [0.2, 0.25) is 10.0 Å². The first-order chi connectivity index (χ1) is 10.1. The minimum atomic E-state index is -0.301. The van der Waals surface area contributed by atoms with E-state index >= 15 is 0 Å². The highest BCUT2D eigenvalue weighted by atomic mass is 35.5. The minimum absolute atomic E-state index is 0.162. The van der Waals surface area contributed by atoms with Crippen LogP contribution in [0.15, 0.2) is 41.6 Å². The van der Waals surface area contributed by atoms with Gasteiger partial charge in [0.15, 0.2) is 6.61 Å². The van der Waals surface area contributed by atoms with E-state index in [9.17, 15) is 4.79 Å². The number of ether oxygens (including phenoxy) is 1. The van der Waals surface area contributed by atoms with Gasteiger partial charge in [0.2, 0.25) is 0 Å². The fourth-order valence-electron chi connectivity index (χ4n) is 1.50. The van der Waals surface area contributed by atoms with Crippen molar-refractivity contribution in [3.63, 3.8) is 0 Å². The Hall–Kier alpha value is -1.43. The number of nitrogens with zero attached hydrogens (tertiary/aromatic N) is 1. The molecule has 1 heterocycles. The summed E-state index contributed by atoms with van der Waals surface area (Å²) in [5.74, 6) is 0.0694. The van der Waals surface area contributed by atoms with Crippen LogP contribution in [0.4, 0.5) is 5.69 Å². The molecule has 2 rings (SSSR count). The van der Waals surface area contributed by atoms with Crippen molar-refractivity contribution < 1.29 is 9.53 Å². The summed E-state index contributed by atoms with van der Waals surface area (Å²) >= 11 is 13.3. The lowest BCUT2D eigenvalue weighted by atomic mass is 10.3. The summed E-state index contributed by atoms with van der Waals surface area (Å²) in [5.41, 5.74) is 0.610. The van der Waals surface area contributed by atoms with E-state index in [1.165, 1.54) is 11.8 Å². The van der Waals surface area contributed by atoms with Crippen molar-refractivity contribution in [1.29, 1.82) is 0 Å². The number of benzene rings is 1. The van der Waals surface area contributed by atoms with Gasteiger partial charge in [-0.25, -0.2) is 4.98 Å². The smallest absolute Gasteiger partial charge is 0.262 e. The Balaban J connectivity index is 1.91. The molecule has 0 aliphatic rings. The number of thioether (sulfide) groups is 1. The molecule has 1 N–H and O–H groups in total. The van der Waals surface area contributed by atoms with Gasteiger partial charge < -0.3 is 10.1 Å². The standard InChI is InChI=1S/C14H12Cl2N2O2S/c1-21-14-5-3-10(7-17-14)18-13(19)8-20-12-6-9(15)2-4-11(12)16/h2-7H,8H2,1H3,(H,18,19). The van der Waals surface area contributed by atoms with Crippen LogP contribution < -0.4 is 10.1 Å². The number of rotatable bonds is 5. The fraction of sp³-hybridized carbons (Fsp3) is 0.143. The molecule has 1 amide bonds. The highest BCUT2D eigenvalue weighted by molar-refractivity contribution is 7.98. The molecular formula is C14H12Cl2N2O2S. The largest absolute Gasteiger partial charge is 0.482 e. The van der Waals surface area contributed by atoms with E-state index in [4.69, 9.17) is 27.9 Å². The third-order valence-electron chi connectivity index (χ3n) is 2.48. The van der Waals surface area contributed by atoms with E-state index in [1.54, 1.807) is 30.5 Å². The average Bonchev–Trinajstić information content (AvgIpc) is 2.49. The Morgan fingerprint density at radius 1 is 1.33 bits per heavy atom. The Morgan fingerprint density at radius 3 is 2.81 bits per heavy atom. The second kappa shape index (κ2) is 7.54. The summed E-state index contributed by atoms with van der Waals surface area (Å²) in [4.78, 5) is 16.0. The van der Waals surface area contributed by atoms with Gasteiger partial charge in [0.25, 0.3) is 5.91 Å². The second-order valence-corrected chi connectivity index (χ2v) is 5.67. The molecule has 2 aromatic rings. The zero-order chi connectivity index (χ0) is 15.2. The Kier molecular flexibility index (Phi) is 5.73. The number of aromatic nitrogens is 1. The molecule has 0 atom stereocenters. The number of anilines is 1. The van der Waals surface area contributed by atoms with Gasteiger partial charge in [-0.15, -0.1) is 11.8 Å². The van der Waals surface area contributed by atoms with Gasteiger partial charge in [-0.1, -0.05) is 23.2 Å². The molecule has 7 heteroatoms. The molecule has 0 bridgehead atoms. The third kappa shape index (κ3) is 4.81. The normalized spacial score (nSPS) is 10.2. The van der Waals surface area contributed by atoms with Crippen LogP contribution in [0.25, 0.3) is 0 Å². The molecule has 0 aliphatic heterocycles. The van der Waals surface area contributed by atoms with E-state index in [0.717, 1.165) is 5.03 Å². The molecule has 0 saturated carbocycles. The number of carbonyl (C=O) groups excluding carboxylic acids is 1. The molecule has 1 aromatic carbocycles. The molecule has 0 radical (unpaired) electrons. The maximum absolute atomic E-state index is 11.8. The summed E-state index contributed by atoms with van der Waals surface area (Å²) in [7, 11) is 0. The highest BCUT2D eigenvalue weighted by Crippen LogP contribution is 2.27. The number of amides is 1. The maximum atomic E-state index is 11.8. The lowest BCUT2D eigenvalue weighted by molar-refractivity contribution is -0.118. The monoisotopic (exact) mass is 342 g/mol. The molecule has 1 aromatic heterocycles. The van der Waals surface area contributed by atoms with E-state index in [0.29, 0.717) is 21.5 Å². The SMILES string of the molecule is CSc1ccc(NC(=O)COc2cc(Cl)ccc2Cl)cn1. The molecule has 21 heavy (non-hydrogen) atoms. The van der Waals surface area contributed by atoms with Crippen LogP contribution in [-0.4, -0.2) is 23.8 Å². The summed E-state index contributed by atoms with van der Waals surface area (Å²) < 4.78 is 5.34. The zero-order valence-corrected chi connectivity index (χ0v) is 13.4. The predicted octanol–water partition coefficient (Wildman–Crippen LogP) is 4.13. The van der Waals surface area contributed by atoms with Crippen molar-refractivity contribution >= 4 is 46.6 Å². The molecule has 4 nitrogen and oxygen atoms in total. The van der Waals surface area contributed by atoms with Gasteiger partial charge in [-0.2, -0.15) is 0 Å². The van der Waals surface area contributed by atoms with Crippen molar-refractivity contribution in [2.75, 3.05) is 18.2 Å². The van der Waals surface area contributed by atoms with Gasteiger partial charge in [0, 0.05) is 11.1 Å². The molecular weight excluding hydrogens is 331 g/mol. The third-order valence-corrected chi connectivity index (χ3v) is 3.69. The second-order valence-electron chi connectivity index (χ2n) is 4.00. The van der Waals surface area contributed by atoms with E-state index in [1.807, 2.05) is 12.3 Å². The van der Waals surface area contributed by atoms with Crippen molar-refractivity contribution in [2.45, 2.75) is 5.03 Å². The summed E-state index contributed by atoms with van der Waals surface area (Å²) in [6.07, 6.45) is 3.53. The van der Waals surface area contributed by atoms with Crippen molar-refractivity contribution in [3.05, 3.63) is 46.6 Å². The summed E-state index contributed by atoms with van der Waals surface area (Å²) in [5, 5.41) is 4.46. The van der Waals surface area contributed by atoms with Crippen molar-refractivity contribution in [3.8, 4) is 5.75 Å². The topological polar surface area (TPSA) is 51.2 Å². The Labute approximate surface area is 136 Å².